The average Bonchev–Trinajstić information content (AvgIpc) is 3.09. The van der Waals surface area contributed by atoms with Crippen LogP contribution < -0.4 is 14.8 Å². The van der Waals surface area contributed by atoms with Gasteiger partial charge in [0.1, 0.15) is 11.5 Å². The lowest BCUT2D eigenvalue weighted by atomic mass is 10.2. The fourth-order valence-corrected chi connectivity index (χ4v) is 2.78. The second-order valence-corrected chi connectivity index (χ2v) is 5.73. The Morgan fingerprint density at radius 3 is 2.48 bits per heavy atom. The van der Waals surface area contributed by atoms with Crippen LogP contribution in [0.25, 0.3) is 0 Å². The average molecular weight is 311 g/mol. The summed E-state index contributed by atoms with van der Waals surface area (Å²) in [5, 5.41) is 2.88. The van der Waals surface area contributed by atoms with Gasteiger partial charge in [-0.05, 0) is 68.1 Å². The van der Waals surface area contributed by atoms with E-state index in [1.807, 2.05) is 30.3 Å². The fourth-order valence-electron chi connectivity index (χ4n) is 2.78. The molecule has 0 heterocycles. The summed E-state index contributed by atoms with van der Waals surface area (Å²) in [6.07, 6.45) is 5.11. The first-order chi connectivity index (χ1) is 11.2. The highest BCUT2D eigenvalue weighted by atomic mass is 16.5. The Balaban J connectivity index is 1.61. The standard InChI is InChI=1S/C19H21NO3/c1-22-18-8-4-5-14(13-18)19(21)20-15-9-11-17(12-10-15)23-16-6-2-3-7-16/h4-5,8-13,16H,2-3,6-7H2,1H3,(H,20,21). The van der Waals surface area contributed by atoms with Gasteiger partial charge in [-0.1, -0.05) is 6.07 Å². The zero-order chi connectivity index (χ0) is 16.1. The lowest BCUT2D eigenvalue weighted by molar-refractivity contribution is 0.102. The van der Waals surface area contributed by atoms with Crippen molar-refractivity contribution in [1.82, 2.24) is 0 Å². The number of benzene rings is 2. The normalized spacial score (nSPS) is 14.5. The van der Waals surface area contributed by atoms with E-state index in [1.54, 1.807) is 25.3 Å². The van der Waals surface area contributed by atoms with Crippen LogP contribution >= 0.6 is 0 Å². The maximum Gasteiger partial charge on any atom is 0.255 e. The molecule has 0 unspecified atom stereocenters. The summed E-state index contributed by atoms with van der Waals surface area (Å²) in [4.78, 5) is 12.2. The summed E-state index contributed by atoms with van der Waals surface area (Å²) < 4.78 is 11.1. The molecular formula is C19H21NO3. The molecule has 0 aliphatic heterocycles. The number of nitrogens with one attached hydrogen (secondary N) is 1. The Morgan fingerprint density at radius 1 is 1.04 bits per heavy atom. The summed E-state index contributed by atoms with van der Waals surface area (Å²) in [6, 6.07) is 14.6. The molecule has 1 amide bonds. The Labute approximate surface area is 136 Å². The Bertz CT molecular complexity index is 661. The van der Waals surface area contributed by atoms with Gasteiger partial charge >= 0.3 is 0 Å². The van der Waals surface area contributed by atoms with Crippen molar-refractivity contribution in [1.29, 1.82) is 0 Å². The van der Waals surface area contributed by atoms with E-state index < -0.39 is 0 Å². The monoisotopic (exact) mass is 311 g/mol. The quantitative estimate of drug-likeness (QED) is 0.897. The lowest BCUT2D eigenvalue weighted by Crippen LogP contribution is -2.12. The van der Waals surface area contributed by atoms with Crippen LogP contribution in [0.4, 0.5) is 5.69 Å². The van der Waals surface area contributed by atoms with Gasteiger partial charge in [-0.15, -0.1) is 0 Å². The molecular weight excluding hydrogens is 290 g/mol. The maximum absolute atomic E-state index is 12.2. The summed E-state index contributed by atoms with van der Waals surface area (Å²) in [5.41, 5.74) is 1.31. The van der Waals surface area contributed by atoms with Crippen LogP contribution in [-0.4, -0.2) is 19.1 Å². The van der Waals surface area contributed by atoms with E-state index in [0.29, 0.717) is 17.4 Å². The van der Waals surface area contributed by atoms with E-state index >= 15 is 0 Å². The molecule has 0 radical (unpaired) electrons. The molecule has 0 bridgehead atoms. The Hall–Kier alpha value is -2.49. The predicted molar refractivity (Wildman–Crippen MR) is 90.3 cm³/mol. The van der Waals surface area contributed by atoms with Crippen molar-refractivity contribution in [2.75, 3.05) is 12.4 Å². The number of amides is 1. The van der Waals surface area contributed by atoms with E-state index in [4.69, 9.17) is 9.47 Å². The van der Waals surface area contributed by atoms with Gasteiger partial charge in [0.05, 0.1) is 13.2 Å². The zero-order valence-corrected chi connectivity index (χ0v) is 13.2. The minimum absolute atomic E-state index is 0.159. The van der Waals surface area contributed by atoms with Gasteiger partial charge < -0.3 is 14.8 Å². The summed E-state index contributed by atoms with van der Waals surface area (Å²) >= 11 is 0. The molecule has 0 aromatic heterocycles. The van der Waals surface area contributed by atoms with Crippen LogP contribution in [0.2, 0.25) is 0 Å². The van der Waals surface area contributed by atoms with E-state index in [9.17, 15) is 4.79 Å². The van der Waals surface area contributed by atoms with Crippen molar-refractivity contribution in [3.8, 4) is 11.5 Å². The molecule has 0 spiro atoms. The highest BCUT2D eigenvalue weighted by molar-refractivity contribution is 6.04. The molecule has 4 nitrogen and oxygen atoms in total. The van der Waals surface area contributed by atoms with E-state index in [1.165, 1.54) is 12.8 Å². The maximum atomic E-state index is 12.2. The largest absolute Gasteiger partial charge is 0.497 e. The minimum Gasteiger partial charge on any atom is -0.497 e. The molecule has 0 saturated heterocycles. The number of carbonyl (C=O) groups excluding carboxylic acids is 1. The number of carbonyl (C=O) groups is 1. The Morgan fingerprint density at radius 2 is 1.78 bits per heavy atom. The van der Waals surface area contributed by atoms with Gasteiger partial charge in [0.25, 0.3) is 5.91 Å². The zero-order valence-electron chi connectivity index (χ0n) is 13.2. The van der Waals surface area contributed by atoms with Gasteiger partial charge in [0, 0.05) is 11.3 Å². The van der Waals surface area contributed by atoms with Crippen LogP contribution in [-0.2, 0) is 0 Å². The van der Waals surface area contributed by atoms with Crippen molar-refractivity contribution in [2.24, 2.45) is 0 Å². The van der Waals surface area contributed by atoms with E-state index in [-0.39, 0.29) is 5.91 Å². The number of anilines is 1. The molecule has 1 aliphatic rings. The molecule has 1 fully saturated rings. The van der Waals surface area contributed by atoms with Crippen LogP contribution in [0.5, 0.6) is 11.5 Å². The van der Waals surface area contributed by atoms with Crippen molar-refractivity contribution in [3.05, 3.63) is 54.1 Å². The molecule has 23 heavy (non-hydrogen) atoms. The van der Waals surface area contributed by atoms with Crippen LogP contribution in [0, 0.1) is 0 Å². The van der Waals surface area contributed by atoms with Gasteiger partial charge in [0.2, 0.25) is 0 Å². The van der Waals surface area contributed by atoms with Gasteiger partial charge in [0.15, 0.2) is 0 Å². The van der Waals surface area contributed by atoms with Gasteiger partial charge in [-0.25, -0.2) is 0 Å². The molecule has 0 atom stereocenters. The number of methoxy groups -OCH3 is 1. The highest BCUT2D eigenvalue weighted by Gasteiger charge is 2.16. The first kappa shape index (κ1) is 15.4. The van der Waals surface area contributed by atoms with Crippen LogP contribution in [0.3, 0.4) is 0 Å². The number of rotatable bonds is 5. The van der Waals surface area contributed by atoms with Crippen molar-refractivity contribution in [3.63, 3.8) is 0 Å². The highest BCUT2D eigenvalue weighted by Crippen LogP contribution is 2.25. The fraction of sp³-hybridized carbons (Fsp3) is 0.316. The molecule has 1 N–H and O–H groups in total. The molecule has 3 rings (SSSR count). The third-order valence-corrected chi connectivity index (χ3v) is 4.05. The molecule has 2 aromatic carbocycles. The third kappa shape index (κ3) is 4.03. The summed E-state index contributed by atoms with van der Waals surface area (Å²) in [7, 11) is 1.58. The van der Waals surface area contributed by atoms with Crippen LogP contribution in [0.1, 0.15) is 36.0 Å². The van der Waals surface area contributed by atoms with Crippen molar-refractivity contribution < 1.29 is 14.3 Å². The predicted octanol–water partition coefficient (Wildman–Crippen LogP) is 4.27. The number of ether oxygens (including phenoxy) is 2. The molecule has 2 aromatic rings. The Kier molecular flexibility index (Phi) is 4.81. The molecule has 1 aliphatic carbocycles. The molecule has 4 heteroatoms. The second kappa shape index (κ2) is 7.18. The first-order valence-electron chi connectivity index (χ1n) is 7.97. The SMILES string of the molecule is COc1cccc(C(=O)Nc2ccc(OC3CCCC3)cc2)c1. The lowest BCUT2D eigenvalue weighted by Gasteiger charge is -2.13. The minimum atomic E-state index is -0.159. The van der Waals surface area contributed by atoms with Crippen LogP contribution in [0.15, 0.2) is 48.5 Å². The summed E-state index contributed by atoms with van der Waals surface area (Å²) in [6.45, 7) is 0. The topological polar surface area (TPSA) is 47.6 Å². The summed E-state index contributed by atoms with van der Waals surface area (Å²) in [5.74, 6) is 1.36. The number of hydrogen-bond acceptors (Lipinski definition) is 3. The number of hydrogen-bond donors (Lipinski definition) is 1. The smallest absolute Gasteiger partial charge is 0.255 e. The van der Waals surface area contributed by atoms with Crippen molar-refractivity contribution >= 4 is 11.6 Å². The van der Waals surface area contributed by atoms with Crippen molar-refractivity contribution in [2.45, 2.75) is 31.8 Å². The molecule has 1 saturated carbocycles. The first-order valence-corrected chi connectivity index (χ1v) is 7.97. The molecule has 120 valence electrons. The van der Waals surface area contributed by atoms with E-state index in [2.05, 4.69) is 5.32 Å². The second-order valence-electron chi connectivity index (χ2n) is 5.73. The van der Waals surface area contributed by atoms with Gasteiger partial charge in [-0.2, -0.15) is 0 Å². The third-order valence-electron chi connectivity index (χ3n) is 4.05. The van der Waals surface area contributed by atoms with E-state index in [0.717, 1.165) is 24.3 Å². The van der Waals surface area contributed by atoms with Gasteiger partial charge in [-0.3, -0.25) is 4.79 Å².